The molecule has 0 spiro atoms. The Morgan fingerprint density at radius 3 is 2.35 bits per heavy atom. The molecule has 1 heterocycles. The van der Waals surface area contributed by atoms with Crippen molar-refractivity contribution in [2.75, 3.05) is 6.61 Å². The lowest BCUT2D eigenvalue weighted by Crippen LogP contribution is -2.62. The Morgan fingerprint density at radius 1 is 1.17 bits per heavy atom. The minimum Gasteiger partial charge on any atom is -0.365 e. The molecule has 3 nitrogen and oxygen atoms in total. The highest BCUT2D eigenvalue weighted by molar-refractivity contribution is 5.84. The van der Waals surface area contributed by atoms with Crippen LogP contribution in [0.1, 0.15) is 47.1 Å². The average Bonchev–Trinajstić information content (AvgIpc) is 2.65. The summed E-state index contributed by atoms with van der Waals surface area (Å²) in [6.07, 6.45) is 0.00892. The molecule has 1 amide bonds. The number of rotatable bonds is 1. The van der Waals surface area contributed by atoms with Gasteiger partial charge in [-0.15, -0.1) is 0 Å². The standard InChI is InChI=1S/C20H27NO2/c1-13-16(14-10-8-7-9-11-14)20(5,6)18-17(13)21(19(2,3)4)15(22)12-23-18/h7-11,17-18H,12H2,1-6H3. The van der Waals surface area contributed by atoms with Crippen molar-refractivity contribution in [2.45, 2.75) is 59.2 Å². The first-order chi connectivity index (χ1) is 10.7. The lowest BCUT2D eigenvalue weighted by molar-refractivity contribution is -0.167. The Bertz CT molecular complexity index is 652. The second kappa shape index (κ2) is 5.20. The number of carbonyl (C=O) groups is 1. The van der Waals surface area contributed by atoms with Crippen LogP contribution in [0.25, 0.3) is 5.57 Å². The molecule has 0 aromatic heterocycles. The molecule has 2 atom stereocenters. The Hall–Kier alpha value is -1.61. The third-order valence-electron chi connectivity index (χ3n) is 5.20. The quantitative estimate of drug-likeness (QED) is 0.787. The summed E-state index contributed by atoms with van der Waals surface area (Å²) < 4.78 is 6.04. The van der Waals surface area contributed by atoms with Crippen molar-refractivity contribution in [1.82, 2.24) is 4.90 Å². The summed E-state index contributed by atoms with van der Waals surface area (Å²) in [5.41, 5.74) is 3.47. The lowest BCUT2D eigenvalue weighted by atomic mass is 9.79. The van der Waals surface area contributed by atoms with Crippen molar-refractivity contribution in [2.24, 2.45) is 5.41 Å². The van der Waals surface area contributed by atoms with Gasteiger partial charge in [0.2, 0.25) is 5.91 Å². The summed E-state index contributed by atoms with van der Waals surface area (Å²) in [5, 5.41) is 0. The molecule has 0 bridgehead atoms. The molecule has 3 rings (SSSR count). The molecule has 23 heavy (non-hydrogen) atoms. The van der Waals surface area contributed by atoms with Crippen LogP contribution in [0.4, 0.5) is 0 Å². The highest BCUT2D eigenvalue weighted by atomic mass is 16.5. The number of morpholine rings is 1. The van der Waals surface area contributed by atoms with Gasteiger partial charge in [0.1, 0.15) is 6.61 Å². The van der Waals surface area contributed by atoms with E-state index in [4.69, 9.17) is 4.74 Å². The zero-order valence-electron chi connectivity index (χ0n) is 15.0. The number of carbonyl (C=O) groups excluding carboxylic acids is 1. The van der Waals surface area contributed by atoms with Crippen LogP contribution in [0.3, 0.4) is 0 Å². The largest absolute Gasteiger partial charge is 0.365 e. The maximum atomic E-state index is 12.6. The van der Waals surface area contributed by atoms with E-state index in [0.717, 1.165) is 0 Å². The van der Waals surface area contributed by atoms with Gasteiger partial charge in [0.25, 0.3) is 0 Å². The van der Waals surface area contributed by atoms with Crippen LogP contribution in [0, 0.1) is 5.41 Å². The Labute approximate surface area is 139 Å². The van der Waals surface area contributed by atoms with E-state index in [1.165, 1.54) is 16.7 Å². The number of nitrogens with zero attached hydrogens (tertiary/aromatic N) is 1. The van der Waals surface area contributed by atoms with Gasteiger partial charge in [0.05, 0.1) is 12.1 Å². The van der Waals surface area contributed by atoms with Gasteiger partial charge in [-0.25, -0.2) is 0 Å². The number of hydrogen-bond donors (Lipinski definition) is 0. The number of fused-ring (bicyclic) bond motifs is 1. The van der Waals surface area contributed by atoms with Crippen LogP contribution in [-0.4, -0.2) is 35.1 Å². The zero-order valence-corrected chi connectivity index (χ0v) is 15.0. The van der Waals surface area contributed by atoms with Gasteiger partial charge < -0.3 is 9.64 Å². The SMILES string of the molecule is CC1=C(c2ccccc2)C(C)(C)C2OCC(=O)N(C(C)(C)C)C12. The minimum atomic E-state index is -0.215. The van der Waals surface area contributed by atoms with Gasteiger partial charge in [0, 0.05) is 11.0 Å². The van der Waals surface area contributed by atoms with Crippen LogP contribution < -0.4 is 0 Å². The van der Waals surface area contributed by atoms with E-state index in [2.05, 4.69) is 65.8 Å². The van der Waals surface area contributed by atoms with Crippen molar-refractivity contribution in [1.29, 1.82) is 0 Å². The Balaban J connectivity index is 2.16. The van der Waals surface area contributed by atoms with Gasteiger partial charge in [-0.2, -0.15) is 0 Å². The van der Waals surface area contributed by atoms with Gasteiger partial charge in [0.15, 0.2) is 0 Å². The summed E-state index contributed by atoms with van der Waals surface area (Å²) in [6.45, 7) is 13.1. The second-order valence-corrected chi connectivity index (χ2v) is 8.26. The van der Waals surface area contributed by atoms with E-state index >= 15 is 0 Å². The number of hydrogen-bond acceptors (Lipinski definition) is 2. The highest BCUT2D eigenvalue weighted by Crippen LogP contribution is 2.52. The maximum absolute atomic E-state index is 12.6. The molecule has 0 radical (unpaired) electrons. The minimum absolute atomic E-state index is 0.00892. The third-order valence-corrected chi connectivity index (χ3v) is 5.20. The van der Waals surface area contributed by atoms with Crippen LogP contribution in [0.15, 0.2) is 35.9 Å². The van der Waals surface area contributed by atoms with Gasteiger partial charge in [-0.05, 0) is 44.4 Å². The molecule has 2 aliphatic rings. The van der Waals surface area contributed by atoms with Crippen LogP contribution in [0.2, 0.25) is 0 Å². The topological polar surface area (TPSA) is 29.5 Å². The zero-order chi connectivity index (χ0) is 17.0. The first-order valence-electron chi connectivity index (χ1n) is 8.36. The van der Waals surface area contributed by atoms with E-state index in [1.807, 2.05) is 11.0 Å². The first kappa shape index (κ1) is 16.3. The monoisotopic (exact) mass is 313 g/mol. The fourth-order valence-electron chi connectivity index (χ4n) is 4.43. The Morgan fingerprint density at radius 2 is 1.78 bits per heavy atom. The second-order valence-electron chi connectivity index (χ2n) is 8.26. The summed E-state index contributed by atoms with van der Waals surface area (Å²) in [5.74, 6) is 0.0863. The van der Waals surface area contributed by atoms with E-state index in [9.17, 15) is 4.79 Å². The summed E-state index contributed by atoms with van der Waals surface area (Å²) >= 11 is 0. The predicted octanol–water partition coefficient (Wildman–Crippen LogP) is 3.89. The molecule has 3 heteroatoms. The molecule has 1 saturated heterocycles. The number of benzene rings is 1. The van der Waals surface area contributed by atoms with Crippen molar-refractivity contribution in [3.8, 4) is 0 Å². The first-order valence-corrected chi connectivity index (χ1v) is 8.36. The van der Waals surface area contributed by atoms with Crippen molar-refractivity contribution < 1.29 is 9.53 Å². The third kappa shape index (κ3) is 2.42. The van der Waals surface area contributed by atoms with E-state index in [1.54, 1.807) is 0 Å². The molecule has 1 aromatic rings. The molecule has 1 aliphatic heterocycles. The fraction of sp³-hybridized carbons (Fsp3) is 0.550. The predicted molar refractivity (Wildman–Crippen MR) is 92.9 cm³/mol. The number of amides is 1. The highest BCUT2D eigenvalue weighted by Gasteiger charge is 2.55. The molecule has 1 aromatic carbocycles. The molecule has 1 aliphatic carbocycles. The lowest BCUT2D eigenvalue weighted by Gasteiger charge is -2.48. The summed E-state index contributed by atoms with van der Waals surface area (Å²) in [7, 11) is 0. The molecular formula is C20H27NO2. The van der Waals surface area contributed by atoms with Crippen molar-refractivity contribution in [3.63, 3.8) is 0 Å². The van der Waals surface area contributed by atoms with E-state index < -0.39 is 0 Å². The van der Waals surface area contributed by atoms with Crippen LogP contribution in [-0.2, 0) is 9.53 Å². The normalized spacial score (nSPS) is 27.4. The van der Waals surface area contributed by atoms with E-state index in [-0.39, 0.29) is 35.6 Å². The molecule has 124 valence electrons. The fourth-order valence-corrected chi connectivity index (χ4v) is 4.43. The molecular weight excluding hydrogens is 286 g/mol. The van der Waals surface area contributed by atoms with Crippen LogP contribution in [0.5, 0.6) is 0 Å². The summed E-state index contributed by atoms with van der Waals surface area (Å²) in [6, 6.07) is 10.5. The number of ether oxygens (including phenoxy) is 1. The van der Waals surface area contributed by atoms with Crippen LogP contribution >= 0.6 is 0 Å². The maximum Gasteiger partial charge on any atom is 0.249 e. The van der Waals surface area contributed by atoms with Crippen molar-refractivity contribution in [3.05, 3.63) is 41.5 Å². The molecule has 0 N–H and O–H groups in total. The van der Waals surface area contributed by atoms with Gasteiger partial charge in [-0.1, -0.05) is 44.2 Å². The molecule has 0 saturated carbocycles. The van der Waals surface area contributed by atoms with Crippen molar-refractivity contribution >= 4 is 11.5 Å². The molecule has 2 unspecified atom stereocenters. The molecule has 1 fully saturated rings. The smallest absolute Gasteiger partial charge is 0.249 e. The van der Waals surface area contributed by atoms with Gasteiger partial charge >= 0.3 is 0 Å². The Kier molecular flexibility index (Phi) is 3.68. The van der Waals surface area contributed by atoms with E-state index in [0.29, 0.717) is 0 Å². The average molecular weight is 313 g/mol. The summed E-state index contributed by atoms with van der Waals surface area (Å²) in [4.78, 5) is 14.6. The van der Waals surface area contributed by atoms with Gasteiger partial charge in [-0.3, -0.25) is 4.79 Å².